The van der Waals surface area contributed by atoms with Gasteiger partial charge in [-0.3, -0.25) is 4.99 Å². The number of nitrogens with zero attached hydrogens (tertiary/aromatic N) is 2. The molecule has 174 valence electrons. The second-order valence-electron chi connectivity index (χ2n) is 7.36. The number of benzene rings is 2. The normalized spacial score (nSPS) is 16.2. The van der Waals surface area contributed by atoms with E-state index in [2.05, 4.69) is 31.3 Å². The van der Waals surface area contributed by atoms with E-state index in [-0.39, 0.29) is 17.5 Å². The molecule has 1 aliphatic rings. The van der Waals surface area contributed by atoms with E-state index in [4.69, 9.17) is 9.47 Å². The molecule has 32 heavy (non-hydrogen) atoms. The largest absolute Gasteiger partial charge is 0.495 e. The van der Waals surface area contributed by atoms with E-state index in [1.54, 1.807) is 26.3 Å². The highest BCUT2D eigenvalue weighted by atomic mass is 19.3. The molecule has 0 saturated carbocycles. The average molecular weight is 449 g/mol. The van der Waals surface area contributed by atoms with Crippen LogP contribution in [-0.2, 0) is 6.42 Å². The summed E-state index contributed by atoms with van der Waals surface area (Å²) in [6.07, 6.45) is 1.59. The van der Waals surface area contributed by atoms with Crippen molar-refractivity contribution in [2.75, 3.05) is 45.8 Å². The molecule has 1 unspecified atom stereocenters. The van der Waals surface area contributed by atoms with Crippen LogP contribution >= 0.6 is 0 Å². The van der Waals surface area contributed by atoms with Gasteiger partial charge in [0.05, 0.1) is 19.9 Å². The predicted octanol–water partition coefficient (Wildman–Crippen LogP) is 3.29. The zero-order valence-corrected chi connectivity index (χ0v) is 18.6. The fourth-order valence-corrected chi connectivity index (χ4v) is 3.77. The molecule has 0 spiro atoms. The topological polar surface area (TPSA) is 67.4 Å². The van der Waals surface area contributed by atoms with Crippen molar-refractivity contribution in [2.24, 2.45) is 4.99 Å². The summed E-state index contributed by atoms with van der Waals surface area (Å²) in [7, 11) is 4.83. The van der Waals surface area contributed by atoms with Gasteiger partial charge in [0.1, 0.15) is 5.75 Å². The number of ether oxygens (including phenoxy) is 3. The number of guanidine groups is 1. The van der Waals surface area contributed by atoms with E-state index in [1.165, 1.54) is 7.11 Å². The zero-order chi connectivity index (χ0) is 22.9. The Hall–Kier alpha value is -3.23. The van der Waals surface area contributed by atoms with Crippen molar-refractivity contribution in [3.63, 3.8) is 0 Å². The van der Waals surface area contributed by atoms with E-state index in [0.29, 0.717) is 18.9 Å². The molecule has 0 aromatic heterocycles. The second-order valence-corrected chi connectivity index (χ2v) is 7.36. The van der Waals surface area contributed by atoms with Crippen molar-refractivity contribution >= 4 is 11.6 Å². The number of hydrogen-bond acceptors (Lipinski definition) is 5. The lowest BCUT2D eigenvalue weighted by atomic mass is 10.1. The molecule has 0 radical (unpaired) electrons. The van der Waals surface area contributed by atoms with Gasteiger partial charge in [0, 0.05) is 32.7 Å². The first kappa shape index (κ1) is 23.4. The Bertz CT molecular complexity index is 911. The Balaban J connectivity index is 1.51. The minimum atomic E-state index is -2.90. The van der Waals surface area contributed by atoms with Crippen molar-refractivity contribution in [3.8, 4) is 17.2 Å². The van der Waals surface area contributed by atoms with Gasteiger partial charge in [0.25, 0.3) is 0 Å². The molecule has 1 heterocycles. The molecule has 0 aliphatic carbocycles. The number of para-hydroxylation sites is 2. The molecular weight excluding hydrogens is 418 g/mol. The number of hydrogen-bond donors (Lipinski definition) is 2. The number of aliphatic imine (C=N–C) groups is 1. The summed E-state index contributed by atoms with van der Waals surface area (Å²) in [6, 6.07) is 13.3. The van der Waals surface area contributed by atoms with Gasteiger partial charge in [0.2, 0.25) is 0 Å². The van der Waals surface area contributed by atoms with E-state index in [0.717, 1.165) is 36.5 Å². The van der Waals surface area contributed by atoms with Crippen LogP contribution < -0.4 is 29.7 Å². The SMILES string of the molecule is CN=C(NCCc1ccc(OC)c(OC(F)F)c1)NC1CCN(c2ccccc2OC)C1. The van der Waals surface area contributed by atoms with E-state index in [9.17, 15) is 8.78 Å². The third kappa shape index (κ3) is 6.15. The molecular formula is C23H30F2N4O3. The lowest BCUT2D eigenvalue weighted by Crippen LogP contribution is -2.45. The molecule has 1 fully saturated rings. The van der Waals surface area contributed by atoms with Crippen LogP contribution in [0.1, 0.15) is 12.0 Å². The summed E-state index contributed by atoms with van der Waals surface area (Å²) >= 11 is 0. The molecule has 3 rings (SSSR count). The van der Waals surface area contributed by atoms with Gasteiger partial charge in [-0.05, 0) is 42.7 Å². The van der Waals surface area contributed by atoms with Gasteiger partial charge >= 0.3 is 6.61 Å². The highest BCUT2D eigenvalue weighted by molar-refractivity contribution is 5.80. The van der Waals surface area contributed by atoms with Crippen molar-refractivity contribution < 1.29 is 23.0 Å². The minimum absolute atomic E-state index is 0.0323. The molecule has 9 heteroatoms. The van der Waals surface area contributed by atoms with E-state index < -0.39 is 6.61 Å². The Morgan fingerprint density at radius 2 is 1.91 bits per heavy atom. The van der Waals surface area contributed by atoms with Crippen LogP contribution in [0.3, 0.4) is 0 Å². The maximum atomic E-state index is 12.6. The maximum absolute atomic E-state index is 12.6. The predicted molar refractivity (Wildman–Crippen MR) is 121 cm³/mol. The second kappa shape index (κ2) is 11.4. The van der Waals surface area contributed by atoms with Crippen molar-refractivity contribution in [2.45, 2.75) is 25.5 Å². The molecule has 2 aromatic rings. The molecule has 0 bridgehead atoms. The smallest absolute Gasteiger partial charge is 0.387 e. The fraction of sp³-hybridized carbons (Fsp3) is 0.435. The van der Waals surface area contributed by atoms with Crippen molar-refractivity contribution in [1.82, 2.24) is 10.6 Å². The van der Waals surface area contributed by atoms with Crippen LogP contribution in [0.25, 0.3) is 0 Å². The molecule has 1 saturated heterocycles. The number of methoxy groups -OCH3 is 2. The highest BCUT2D eigenvalue weighted by Crippen LogP contribution is 2.31. The molecule has 0 amide bonds. The van der Waals surface area contributed by atoms with Crippen LogP contribution in [0, 0.1) is 0 Å². The Morgan fingerprint density at radius 3 is 2.62 bits per heavy atom. The van der Waals surface area contributed by atoms with Crippen LogP contribution in [0.2, 0.25) is 0 Å². The highest BCUT2D eigenvalue weighted by Gasteiger charge is 2.25. The molecule has 2 N–H and O–H groups in total. The van der Waals surface area contributed by atoms with E-state index in [1.807, 2.05) is 24.3 Å². The maximum Gasteiger partial charge on any atom is 0.387 e. The summed E-state index contributed by atoms with van der Waals surface area (Å²) in [5.41, 5.74) is 1.94. The number of rotatable bonds is 9. The van der Waals surface area contributed by atoms with Crippen molar-refractivity contribution in [3.05, 3.63) is 48.0 Å². The number of nitrogens with one attached hydrogen (secondary N) is 2. The number of alkyl halides is 2. The number of anilines is 1. The summed E-state index contributed by atoms with van der Waals surface area (Å²) < 4.78 is 40.3. The quantitative estimate of drug-likeness (QED) is 0.453. The van der Waals surface area contributed by atoms with Gasteiger partial charge in [-0.25, -0.2) is 0 Å². The lowest BCUT2D eigenvalue weighted by Gasteiger charge is -2.22. The zero-order valence-electron chi connectivity index (χ0n) is 18.6. The Kier molecular flexibility index (Phi) is 8.35. The third-order valence-corrected chi connectivity index (χ3v) is 5.33. The standard InChI is InChI=1S/C23H30F2N4O3/c1-26-23(27-12-10-16-8-9-20(31-3)21(14-16)32-22(24)25)28-17-11-13-29(15-17)18-6-4-5-7-19(18)30-2/h4-9,14,17,22H,10-13,15H2,1-3H3,(H2,26,27,28). The molecule has 1 aliphatic heterocycles. The molecule has 2 aromatic carbocycles. The molecule has 7 nitrogen and oxygen atoms in total. The first-order valence-electron chi connectivity index (χ1n) is 10.5. The monoisotopic (exact) mass is 448 g/mol. The minimum Gasteiger partial charge on any atom is -0.495 e. The van der Waals surface area contributed by atoms with Crippen LogP contribution in [0.4, 0.5) is 14.5 Å². The fourth-order valence-electron chi connectivity index (χ4n) is 3.77. The van der Waals surface area contributed by atoms with Gasteiger partial charge in [-0.15, -0.1) is 0 Å². The first-order chi connectivity index (χ1) is 15.5. The van der Waals surface area contributed by atoms with Crippen LogP contribution in [0.15, 0.2) is 47.5 Å². The van der Waals surface area contributed by atoms with Gasteiger partial charge < -0.3 is 29.7 Å². The summed E-state index contributed by atoms with van der Waals surface area (Å²) in [5, 5.41) is 6.74. The average Bonchev–Trinajstić information content (AvgIpc) is 3.26. The van der Waals surface area contributed by atoms with Crippen LogP contribution in [-0.4, -0.2) is 59.5 Å². The van der Waals surface area contributed by atoms with E-state index >= 15 is 0 Å². The van der Waals surface area contributed by atoms with Crippen LogP contribution in [0.5, 0.6) is 17.2 Å². The lowest BCUT2D eigenvalue weighted by molar-refractivity contribution is -0.0512. The number of halogens is 2. The summed E-state index contributed by atoms with van der Waals surface area (Å²) in [4.78, 5) is 6.60. The third-order valence-electron chi connectivity index (χ3n) is 5.33. The van der Waals surface area contributed by atoms with Crippen molar-refractivity contribution in [1.29, 1.82) is 0 Å². The van der Waals surface area contributed by atoms with Gasteiger partial charge in [-0.1, -0.05) is 18.2 Å². The first-order valence-corrected chi connectivity index (χ1v) is 10.5. The van der Waals surface area contributed by atoms with Gasteiger partial charge in [-0.2, -0.15) is 8.78 Å². The summed E-state index contributed by atoms with van der Waals surface area (Å²) in [5.74, 6) is 1.88. The summed E-state index contributed by atoms with van der Waals surface area (Å²) in [6.45, 7) is -0.549. The Morgan fingerprint density at radius 1 is 1.12 bits per heavy atom. The van der Waals surface area contributed by atoms with Gasteiger partial charge in [0.15, 0.2) is 17.5 Å². The Labute approximate surface area is 187 Å². The molecule has 1 atom stereocenters.